The average molecular weight is 298 g/mol. The molecule has 2 atom stereocenters. The molecule has 1 aliphatic rings. The molecule has 17 heavy (non-hydrogen) atoms. The Morgan fingerprint density at radius 3 is 2.88 bits per heavy atom. The molecule has 1 aromatic carbocycles. The molecule has 3 nitrogen and oxygen atoms in total. The Balaban J connectivity index is 2.28. The Labute approximate surface area is 109 Å². The highest BCUT2D eigenvalue weighted by Crippen LogP contribution is 2.38. The van der Waals surface area contributed by atoms with Crippen LogP contribution in [0.5, 0.6) is 0 Å². The molecule has 1 saturated carbocycles. The van der Waals surface area contributed by atoms with Crippen molar-refractivity contribution in [2.45, 2.75) is 31.7 Å². The van der Waals surface area contributed by atoms with E-state index in [-0.39, 0.29) is 5.92 Å². The quantitative estimate of drug-likeness (QED) is 0.898. The molecule has 2 rings (SSSR count). The molecule has 2 unspecified atom stereocenters. The predicted molar refractivity (Wildman–Crippen MR) is 71.1 cm³/mol. The number of hydrogen-bond acceptors (Lipinski definition) is 2. The SMILES string of the molecule is CC1CCCC1(Nc1cccc(Br)c1)C(=O)O. The van der Waals surface area contributed by atoms with Gasteiger partial charge in [-0.05, 0) is 37.0 Å². The van der Waals surface area contributed by atoms with Crippen LogP contribution in [0.2, 0.25) is 0 Å². The number of halogens is 1. The van der Waals surface area contributed by atoms with Gasteiger partial charge in [0.15, 0.2) is 0 Å². The van der Waals surface area contributed by atoms with Gasteiger partial charge in [-0.15, -0.1) is 0 Å². The molecular formula is C13H16BrNO2. The van der Waals surface area contributed by atoms with E-state index in [4.69, 9.17) is 0 Å². The van der Waals surface area contributed by atoms with Crippen molar-refractivity contribution in [3.8, 4) is 0 Å². The van der Waals surface area contributed by atoms with E-state index >= 15 is 0 Å². The van der Waals surface area contributed by atoms with Gasteiger partial charge in [0.05, 0.1) is 0 Å². The number of carboxylic acids is 1. The number of aliphatic carboxylic acids is 1. The summed E-state index contributed by atoms with van der Waals surface area (Å²) in [5.41, 5.74) is 0.0522. The first-order chi connectivity index (χ1) is 8.04. The molecule has 92 valence electrons. The highest BCUT2D eigenvalue weighted by atomic mass is 79.9. The number of benzene rings is 1. The lowest BCUT2D eigenvalue weighted by Gasteiger charge is -2.31. The number of nitrogens with one attached hydrogen (secondary N) is 1. The number of hydrogen-bond donors (Lipinski definition) is 2. The number of anilines is 1. The first-order valence-corrected chi connectivity index (χ1v) is 6.61. The fourth-order valence-corrected chi connectivity index (χ4v) is 2.96. The second kappa shape index (κ2) is 4.69. The van der Waals surface area contributed by atoms with Crippen molar-refractivity contribution in [3.63, 3.8) is 0 Å². The van der Waals surface area contributed by atoms with Crippen molar-refractivity contribution in [1.82, 2.24) is 0 Å². The minimum atomic E-state index is -0.805. The maximum Gasteiger partial charge on any atom is 0.329 e. The second-order valence-electron chi connectivity index (χ2n) is 4.71. The summed E-state index contributed by atoms with van der Waals surface area (Å²) >= 11 is 3.39. The molecule has 0 radical (unpaired) electrons. The predicted octanol–water partition coefficient (Wildman–Crippen LogP) is 3.50. The van der Waals surface area contributed by atoms with Crippen LogP contribution in [0, 0.1) is 5.92 Å². The van der Waals surface area contributed by atoms with Gasteiger partial charge in [0.25, 0.3) is 0 Å². The van der Waals surface area contributed by atoms with Crippen LogP contribution in [0.3, 0.4) is 0 Å². The second-order valence-corrected chi connectivity index (χ2v) is 5.62. The molecule has 1 aromatic rings. The summed E-state index contributed by atoms with van der Waals surface area (Å²) < 4.78 is 0.952. The fraction of sp³-hybridized carbons (Fsp3) is 0.462. The summed E-state index contributed by atoms with van der Waals surface area (Å²) in [5, 5.41) is 12.7. The zero-order chi connectivity index (χ0) is 12.5. The van der Waals surface area contributed by atoms with E-state index in [0.717, 1.165) is 23.0 Å². The van der Waals surface area contributed by atoms with Crippen molar-refractivity contribution in [1.29, 1.82) is 0 Å². The van der Waals surface area contributed by atoms with E-state index in [0.29, 0.717) is 6.42 Å². The van der Waals surface area contributed by atoms with Gasteiger partial charge in [0.1, 0.15) is 5.54 Å². The van der Waals surface area contributed by atoms with Crippen LogP contribution in [0.25, 0.3) is 0 Å². The van der Waals surface area contributed by atoms with E-state index < -0.39 is 11.5 Å². The van der Waals surface area contributed by atoms with Gasteiger partial charge in [0, 0.05) is 10.2 Å². The molecule has 0 saturated heterocycles. The van der Waals surface area contributed by atoms with Gasteiger partial charge < -0.3 is 10.4 Å². The lowest BCUT2D eigenvalue weighted by molar-refractivity contribution is -0.143. The molecule has 0 aromatic heterocycles. The van der Waals surface area contributed by atoms with Crippen LogP contribution in [-0.4, -0.2) is 16.6 Å². The van der Waals surface area contributed by atoms with E-state index in [2.05, 4.69) is 21.2 Å². The molecule has 0 bridgehead atoms. The highest BCUT2D eigenvalue weighted by molar-refractivity contribution is 9.10. The van der Waals surface area contributed by atoms with Gasteiger partial charge in [-0.1, -0.05) is 35.3 Å². The molecule has 4 heteroatoms. The van der Waals surface area contributed by atoms with Gasteiger partial charge in [-0.25, -0.2) is 4.79 Å². The van der Waals surface area contributed by atoms with Gasteiger partial charge in [-0.3, -0.25) is 0 Å². The van der Waals surface area contributed by atoms with Crippen LogP contribution in [-0.2, 0) is 4.79 Å². The van der Waals surface area contributed by atoms with E-state index in [1.165, 1.54) is 0 Å². The van der Waals surface area contributed by atoms with Crippen molar-refractivity contribution < 1.29 is 9.90 Å². The summed E-state index contributed by atoms with van der Waals surface area (Å²) in [6, 6.07) is 7.65. The Kier molecular flexibility index (Phi) is 3.43. The zero-order valence-electron chi connectivity index (χ0n) is 9.74. The van der Waals surface area contributed by atoms with E-state index in [1.54, 1.807) is 0 Å². The summed E-state index contributed by atoms with van der Waals surface area (Å²) in [4.78, 5) is 11.5. The third-order valence-corrected chi connectivity index (χ3v) is 4.12. The lowest BCUT2D eigenvalue weighted by Crippen LogP contribution is -2.48. The normalized spacial score (nSPS) is 28.0. The third kappa shape index (κ3) is 2.32. The van der Waals surface area contributed by atoms with E-state index in [9.17, 15) is 9.90 Å². The summed E-state index contributed by atoms with van der Waals surface area (Å²) in [7, 11) is 0. The average Bonchev–Trinajstić information content (AvgIpc) is 2.61. The van der Waals surface area contributed by atoms with Crippen molar-refractivity contribution >= 4 is 27.6 Å². The largest absolute Gasteiger partial charge is 0.479 e. The molecule has 0 spiro atoms. The number of carbonyl (C=O) groups is 1. The standard InChI is InChI=1S/C13H16BrNO2/c1-9-4-3-7-13(9,12(16)17)15-11-6-2-5-10(14)8-11/h2,5-6,8-9,15H,3-4,7H2,1H3,(H,16,17). The first kappa shape index (κ1) is 12.4. The van der Waals surface area contributed by atoms with Gasteiger partial charge in [-0.2, -0.15) is 0 Å². The topological polar surface area (TPSA) is 49.3 Å². The summed E-state index contributed by atoms with van der Waals surface area (Å²) in [5.74, 6) is -0.596. The molecular weight excluding hydrogens is 282 g/mol. The molecule has 1 fully saturated rings. The molecule has 0 amide bonds. The Morgan fingerprint density at radius 2 is 2.35 bits per heavy atom. The monoisotopic (exact) mass is 297 g/mol. The lowest BCUT2D eigenvalue weighted by atomic mass is 9.88. The van der Waals surface area contributed by atoms with Crippen molar-refractivity contribution in [3.05, 3.63) is 28.7 Å². The van der Waals surface area contributed by atoms with Crippen LogP contribution in [0.15, 0.2) is 28.7 Å². The van der Waals surface area contributed by atoms with Crippen LogP contribution in [0.1, 0.15) is 26.2 Å². The third-order valence-electron chi connectivity index (χ3n) is 3.62. The Hall–Kier alpha value is -1.03. The molecule has 2 N–H and O–H groups in total. The molecule has 0 aliphatic heterocycles. The minimum absolute atomic E-state index is 0.152. The maximum atomic E-state index is 11.5. The highest BCUT2D eigenvalue weighted by Gasteiger charge is 2.47. The number of carboxylic acid groups (broad SMARTS) is 1. The van der Waals surface area contributed by atoms with Crippen molar-refractivity contribution in [2.75, 3.05) is 5.32 Å². The summed E-state index contributed by atoms with van der Waals surface area (Å²) in [6.07, 6.45) is 2.62. The first-order valence-electron chi connectivity index (χ1n) is 5.82. The Bertz CT molecular complexity index is 435. The summed E-state index contributed by atoms with van der Waals surface area (Å²) in [6.45, 7) is 2.01. The number of rotatable bonds is 3. The minimum Gasteiger partial charge on any atom is -0.479 e. The van der Waals surface area contributed by atoms with Crippen LogP contribution in [0.4, 0.5) is 5.69 Å². The van der Waals surface area contributed by atoms with Crippen LogP contribution >= 0.6 is 15.9 Å². The van der Waals surface area contributed by atoms with Gasteiger partial charge in [0.2, 0.25) is 0 Å². The molecule has 1 aliphatic carbocycles. The van der Waals surface area contributed by atoms with Crippen molar-refractivity contribution in [2.24, 2.45) is 5.92 Å². The maximum absolute atomic E-state index is 11.5. The fourth-order valence-electron chi connectivity index (χ4n) is 2.56. The van der Waals surface area contributed by atoms with Crippen LogP contribution < -0.4 is 5.32 Å². The molecule has 0 heterocycles. The zero-order valence-corrected chi connectivity index (χ0v) is 11.3. The smallest absolute Gasteiger partial charge is 0.329 e. The van der Waals surface area contributed by atoms with Gasteiger partial charge >= 0.3 is 5.97 Å². The van der Waals surface area contributed by atoms with E-state index in [1.807, 2.05) is 31.2 Å². The Morgan fingerprint density at radius 1 is 1.59 bits per heavy atom.